The normalized spacial score (nSPS) is 20.9. The zero-order chi connectivity index (χ0) is 30.7. The van der Waals surface area contributed by atoms with E-state index in [9.17, 15) is 29.4 Å². The van der Waals surface area contributed by atoms with Gasteiger partial charge in [0.1, 0.15) is 17.1 Å². The second-order valence-electron chi connectivity index (χ2n) is 10.0. The molecule has 228 valence electrons. The van der Waals surface area contributed by atoms with Crippen LogP contribution in [0, 0.1) is 0 Å². The smallest absolute Gasteiger partial charge is 0.352 e. The predicted molar refractivity (Wildman–Crippen MR) is 155 cm³/mol. The molecule has 7 N–H and O–H groups in total. The van der Waals surface area contributed by atoms with Crippen LogP contribution in [0.25, 0.3) is 0 Å². The fourth-order valence-corrected chi connectivity index (χ4v) is 6.51. The van der Waals surface area contributed by atoms with E-state index in [1.807, 2.05) is 36.1 Å². The molecule has 5 rings (SSSR count). The van der Waals surface area contributed by atoms with E-state index in [1.165, 1.54) is 16.7 Å². The molecule has 0 aromatic carbocycles. The number of hydrogen-bond acceptors (Lipinski definition) is 13. The average Bonchev–Trinajstić information content (AvgIpc) is 3.39. The fourth-order valence-electron chi connectivity index (χ4n) is 4.74. The van der Waals surface area contributed by atoms with Gasteiger partial charge in [-0.25, -0.2) is 14.2 Å². The van der Waals surface area contributed by atoms with Gasteiger partial charge >= 0.3 is 11.9 Å². The maximum Gasteiger partial charge on any atom is 0.352 e. The number of β-lactam (4-membered cyclic amide) rings is 1. The average molecular weight is 633 g/mol. The zero-order valence-electron chi connectivity index (χ0n) is 23.0. The van der Waals surface area contributed by atoms with Gasteiger partial charge < -0.3 is 36.7 Å². The Morgan fingerprint density at radius 2 is 2.00 bits per heavy atom. The summed E-state index contributed by atoms with van der Waals surface area (Å²) in [6, 6.07) is 2.70. The van der Waals surface area contributed by atoms with E-state index in [0.717, 1.165) is 30.3 Å². The second kappa shape index (κ2) is 12.5. The van der Waals surface area contributed by atoms with Crippen LogP contribution >= 0.6 is 23.3 Å². The monoisotopic (exact) mass is 632 g/mol. The Bertz CT molecular complexity index is 1490. The molecule has 0 bridgehead atoms. The number of fused-ring (bicyclic) bond motifs is 1. The molecule has 2 amide bonds. The van der Waals surface area contributed by atoms with E-state index < -0.39 is 46.5 Å². The number of carboxylic acids is 2. The van der Waals surface area contributed by atoms with Gasteiger partial charge in [0, 0.05) is 66.6 Å². The number of carbonyl (C=O) groups is 4. The van der Waals surface area contributed by atoms with Crippen LogP contribution in [-0.2, 0) is 30.6 Å². The number of thioether (sulfide) groups is 1. The number of nitrogens with one attached hydrogen (secondary N) is 3. The number of likely N-dealkylation sites (N-methyl/N-ethyl adjacent to an activating group) is 1. The van der Waals surface area contributed by atoms with Crippen molar-refractivity contribution in [1.82, 2.24) is 24.9 Å². The van der Waals surface area contributed by atoms with E-state index in [0.29, 0.717) is 17.7 Å². The van der Waals surface area contributed by atoms with Crippen molar-refractivity contribution < 1.29 is 38.8 Å². The van der Waals surface area contributed by atoms with Crippen LogP contribution in [0.15, 0.2) is 41.0 Å². The summed E-state index contributed by atoms with van der Waals surface area (Å²) in [6.07, 6.45) is 4.70. The largest absolute Gasteiger partial charge is 0.478 e. The van der Waals surface area contributed by atoms with Crippen molar-refractivity contribution in [2.24, 2.45) is 5.16 Å². The first-order chi connectivity index (χ1) is 20.6. The molecule has 2 fully saturated rings. The van der Waals surface area contributed by atoms with Gasteiger partial charge in [-0.1, -0.05) is 5.16 Å². The zero-order valence-corrected chi connectivity index (χ0v) is 24.6. The Hall–Kier alpha value is -4.29. The standard InChI is InChI=1S/C25H29N9O7S2/c1-27-7-8-28-14-3-9-33(10-4-14)11-13-12-42-21-16(20(36)34(21)17(13)22(37)38)29-19(35)15(18-30-24(26)43-32-18)31-41-25(23(39)40)5-2-6-25/h3-4,9-10,16,21,27H,2,5-8,11-12H2,1H3,(H5,26,29,30,32,35,37,38,39,40)/p+1/b31-15-. The van der Waals surface area contributed by atoms with Crippen LogP contribution in [0.4, 0.5) is 10.8 Å². The van der Waals surface area contributed by atoms with Gasteiger partial charge in [-0.15, -0.1) is 11.8 Å². The number of amides is 2. The number of nitrogen functional groups attached to an aromatic ring is 1. The molecule has 4 heterocycles. The number of hydrogen-bond donors (Lipinski definition) is 6. The van der Waals surface area contributed by atoms with Gasteiger partial charge in [0.25, 0.3) is 11.8 Å². The molecule has 1 saturated heterocycles. The molecular formula is C25H30N9O7S2+. The Labute approximate surface area is 253 Å². The van der Waals surface area contributed by atoms with Gasteiger partial charge in [-0.3, -0.25) is 14.5 Å². The fraction of sp³-hybridized carbons (Fsp3) is 0.440. The van der Waals surface area contributed by atoms with Crippen LogP contribution in [-0.4, -0.2) is 96.8 Å². The number of carboxylic acid groups (broad SMARTS) is 2. The number of oxime groups is 1. The molecule has 0 spiro atoms. The van der Waals surface area contributed by atoms with Gasteiger partial charge in [-0.05, 0) is 13.5 Å². The van der Waals surface area contributed by atoms with Crippen LogP contribution in [0.3, 0.4) is 0 Å². The topological polar surface area (TPSA) is 225 Å². The molecule has 1 aliphatic carbocycles. The molecule has 2 atom stereocenters. The molecule has 2 unspecified atom stereocenters. The number of carbonyl (C=O) groups excluding carboxylic acids is 2. The number of aliphatic carboxylic acids is 2. The third-order valence-corrected chi connectivity index (χ3v) is 9.12. The van der Waals surface area contributed by atoms with Crippen LogP contribution in [0.2, 0.25) is 0 Å². The molecule has 3 aliphatic rings. The Kier molecular flexibility index (Phi) is 8.79. The van der Waals surface area contributed by atoms with Crippen molar-refractivity contribution >= 4 is 63.6 Å². The SMILES string of the molecule is CNCCNc1cc[n+](CC2=C(C(=O)O)N3C(=O)C(NC(=O)/C(=N\OC4(C(=O)O)CCC4)c4nsc(N)n4)C3SC2)cc1. The highest BCUT2D eigenvalue weighted by molar-refractivity contribution is 8.00. The first kappa shape index (κ1) is 30.2. The lowest BCUT2D eigenvalue weighted by atomic mass is 9.80. The lowest BCUT2D eigenvalue weighted by Gasteiger charge is -2.49. The van der Waals surface area contributed by atoms with Crippen LogP contribution < -0.4 is 26.3 Å². The molecule has 0 radical (unpaired) electrons. The van der Waals surface area contributed by atoms with Gasteiger partial charge in [0.2, 0.25) is 17.1 Å². The first-order valence-electron chi connectivity index (χ1n) is 13.3. The summed E-state index contributed by atoms with van der Waals surface area (Å²) in [5, 5.41) is 31.6. The van der Waals surface area contributed by atoms with E-state index in [1.54, 1.807) is 0 Å². The molecule has 2 aromatic rings. The van der Waals surface area contributed by atoms with E-state index >= 15 is 0 Å². The Morgan fingerprint density at radius 1 is 1.26 bits per heavy atom. The molecule has 1 saturated carbocycles. The summed E-state index contributed by atoms with van der Waals surface area (Å²) in [7, 11) is 1.87. The van der Waals surface area contributed by atoms with Crippen LogP contribution in [0.1, 0.15) is 25.1 Å². The molecule has 16 nitrogen and oxygen atoms in total. The molecule has 2 aromatic heterocycles. The minimum absolute atomic E-state index is 0.0437. The lowest BCUT2D eigenvalue weighted by molar-refractivity contribution is -0.688. The predicted octanol–water partition coefficient (Wildman–Crippen LogP) is -0.794. The highest BCUT2D eigenvalue weighted by atomic mass is 32.2. The summed E-state index contributed by atoms with van der Waals surface area (Å²) < 4.78 is 5.81. The maximum absolute atomic E-state index is 13.3. The van der Waals surface area contributed by atoms with E-state index in [4.69, 9.17) is 10.6 Å². The third kappa shape index (κ3) is 6.11. The summed E-state index contributed by atoms with van der Waals surface area (Å²) >= 11 is 2.12. The van der Waals surface area contributed by atoms with Crippen molar-refractivity contribution in [2.75, 3.05) is 36.9 Å². The lowest BCUT2D eigenvalue weighted by Crippen LogP contribution is -2.71. The highest BCUT2D eigenvalue weighted by Crippen LogP contribution is 2.40. The Morgan fingerprint density at radius 3 is 2.58 bits per heavy atom. The minimum Gasteiger partial charge on any atom is -0.478 e. The highest BCUT2D eigenvalue weighted by Gasteiger charge is 2.55. The van der Waals surface area contributed by atoms with E-state index in [-0.39, 0.29) is 36.0 Å². The maximum atomic E-state index is 13.3. The van der Waals surface area contributed by atoms with E-state index in [2.05, 4.69) is 30.5 Å². The minimum atomic E-state index is -1.56. The number of aromatic nitrogens is 3. The Balaban J connectivity index is 1.30. The molecular weight excluding hydrogens is 602 g/mol. The first-order valence-corrected chi connectivity index (χ1v) is 15.1. The molecule has 2 aliphatic heterocycles. The van der Waals surface area contributed by atoms with Crippen molar-refractivity contribution in [1.29, 1.82) is 0 Å². The number of pyridine rings is 1. The molecule has 43 heavy (non-hydrogen) atoms. The number of nitrogens with two attached hydrogens (primary N) is 1. The van der Waals surface area contributed by atoms with Crippen LogP contribution in [0.5, 0.6) is 0 Å². The van der Waals surface area contributed by atoms with Crippen molar-refractivity contribution in [3.63, 3.8) is 0 Å². The number of anilines is 2. The summed E-state index contributed by atoms with van der Waals surface area (Å²) in [4.78, 5) is 60.9. The van der Waals surface area contributed by atoms with Crippen molar-refractivity contribution in [3.05, 3.63) is 41.6 Å². The second-order valence-corrected chi connectivity index (χ2v) is 11.9. The van der Waals surface area contributed by atoms with Gasteiger partial charge in [0.05, 0.1) is 0 Å². The molecule has 18 heteroatoms. The third-order valence-electron chi connectivity index (χ3n) is 7.24. The van der Waals surface area contributed by atoms with Gasteiger partial charge in [-0.2, -0.15) is 9.36 Å². The van der Waals surface area contributed by atoms with Crippen molar-refractivity contribution in [3.8, 4) is 0 Å². The number of nitrogens with zero attached hydrogens (tertiary/aromatic N) is 5. The summed E-state index contributed by atoms with van der Waals surface area (Å²) in [5.41, 5.74) is 5.01. The van der Waals surface area contributed by atoms with Gasteiger partial charge in [0.15, 0.2) is 24.1 Å². The summed E-state index contributed by atoms with van der Waals surface area (Å²) in [6.45, 7) is 1.81. The quantitative estimate of drug-likeness (QED) is 0.0524. The summed E-state index contributed by atoms with van der Waals surface area (Å²) in [5.74, 6) is -3.83. The number of rotatable bonds is 13. The van der Waals surface area contributed by atoms with Crippen molar-refractivity contribution in [2.45, 2.75) is 42.8 Å².